The molecule has 5 heteroatoms. The zero-order valence-electron chi connectivity index (χ0n) is 11.1. The minimum atomic E-state index is -1.41. The lowest BCUT2D eigenvalue weighted by molar-refractivity contribution is 0.330. The van der Waals surface area contributed by atoms with E-state index >= 15 is 0 Å². The van der Waals surface area contributed by atoms with Crippen LogP contribution in [0.5, 0.6) is 5.88 Å². The third kappa shape index (κ3) is 2.19. The first-order valence-corrected chi connectivity index (χ1v) is 9.42. The lowest BCUT2D eigenvalue weighted by atomic mass is 10.4. The van der Waals surface area contributed by atoms with Crippen LogP contribution in [0.3, 0.4) is 0 Å². The summed E-state index contributed by atoms with van der Waals surface area (Å²) < 4.78 is 5.65. The summed E-state index contributed by atoms with van der Waals surface area (Å²) >= 11 is 0. The van der Waals surface area contributed by atoms with Crippen LogP contribution in [0.4, 0.5) is 0 Å². The van der Waals surface area contributed by atoms with Crippen molar-refractivity contribution in [1.29, 1.82) is 0 Å². The summed E-state index contributed by atoms with van der Waals surface area (Å²) in [5.41, 5.74) is 0.887. The first-order valence-electron chi connectivity index (χ1n) is 5.92. The second-order valence-electron chi connectivity index (χ2n) is 5.18. The van der Waals surface area contributed by atoms with Crippen LogP contribution < -0.4 is 9.92 Å². The van der Waals surface area contributed by atoms with E-state index < -0.39 is 8.07 Å². The van der Waals surface area contributed by atoms with Gasteiger partial charge in [-0.15, -0.1) is 0 Å². The van der Waals surface area contributed by atoms with Crippen LogP contribution in [0.2, 0.25) is 19.6 Å². The van der Waals surface area contributed by atoms with E-state index in [2.05, 4.69) is 40.8 Å². The monoisotopic (exact) mass is 249 g/mol. The normalized spacial score (nSPS) is 12.1. The van der Waals surface area contributed by atoms with Gasteiger partial charge in [0, 0.05) is 6.20 Å². The van der Waals surface area contributed by atoms with Crippen molar-refractivity contribution in [3.63, 3.8) is 0 Å². The molecule has 0 aliphatic heterocycles. The number of aryl methyl sites for hydroxylation is 1. The van der Waals surface area contributed by atoms with Gasteiger partial charge in [0.1, 0.15) is 11.5 Å². The van der Waals surface area contributed by atoms with Gasteiger partial charge in [-0.25, -0.2) is 4.98 Å². The molecule has 0 radical (unpaired) electrons. The highest BCUT2D eigenvalue weighted by molar-refractivity contribution is 6.90. The Morgan fingerprint density at radius 2 is 2.00 bits per heavy atom. The Kier molecular flexibility index (Phi) is 2.95. The van der Waals surface area contributed by atoms with E-state index in [-0.39, 0.29) is 0 Å². The Labute approximate surface area is 102 Å². The Bertz CT molecular complexity index is 542. The summed E-state index contributed by atoms with van der Waals surface area (Å²) in [5.74, 6) is 1.46. The molecular formula is C12H19N3OSi. The lowest BCUT2D eigenvalue weighted by Crippen LogP contribution is -2.37. The van der Waals surface area contributed by atoms with Crippen LogP contribution in [-0.4, -0.2) is 29.6 Å². The summed E-state index contributed by atoms with van der Waals surface area (Å²) in [6, 6.07) is 0. The van der Waals surface area contributed by atoms with Crippen LogP contribution in [0.1, 0.15) is 12.7 Å². The van der Waals surface area contributed by atoms with E-state index in [0.29, 0.717) is 12.5 Å². The van der Waals surface area contributed by atoms with Gasteiger partial charge in [0.2, 0.25) is 5.88 Å². The van der Waals surface area contributed by atoms with Crippen LogP contribution in [0.25, 0.3) is 11.0 Å². The van der Waals surface area contributed by atoms with Gasteiger partial charge in [-0.05, 0) is 19.0 Å². The molecule has 0 saturated heterocycles. The zero-order valence-corrected chi connectivity index (χ0v) is 12.1. The predicted molar refractivity (Wildman–Crippen MR) is 72.8 cm³/mol. The van der Waals surface area contributed by atoms with Gasteiger partial charge < -0.3 is 9.72 Å². The first-order chi connectivity index (χ1) is 7.93. The van der Waals surface area contributed by atoms with Crippen LogP contribution in [0.15, 0.2) is 6.20 Å². The predicted octanol–water partition coefficient (Wildman–Crippen LogP) is 2.21. The molecule has 2 rings (SSSR count). The number of fused-ring (bicyclic) bond motifs is 1. The molecule has 4 nitrogen and oxygen atoms in total. The SMILES string of the molecule is CCOc1nc(C)nc2[nH]cc([Si](C)(C)C)c12. The molecule has 0 aliphatic carbocycles. The summed E-state index contributed by atoms with van der Waals surface area (Å²) in [6.45, 7) is 11.4. The molecule has 0 atom stereocenters. The highest BCUT2D eigenvalue weighted by Crippen LogP contribution is 2.22. The van der Waals surface area contributed by atoms with Gasteiger partial charge in [-0.1, -0.05) is 19.6 Å². The summed E-state index contributed by atoms with van der Waals surface area (Å²) in [7, 11) is -1.41. The van der Waals surface area contributed by atoms with E-state index in [1.165, 1.54) is 5.19 Å². The quantitative estimate of drug-likeness (QED) is 0.849. The van der Waals surface area contributed by atoms with Crippen molar-refractivity contribution in [2.24, 2.45) is 0 Å². The fraction of sp³-hybridized carbons (Fsp3) is 0.500. The lowest BCUT2D eigenvalue weighted by Gasteiger charge is -2.16. The molecule has 0 bridgehead atoms. The Hall–Kier alpha value is -1.36. The molecular weight excluding hydrogens is 230 g/mol. The van der Waals surface area contributed by atoms with Gasteiger partial charge in [0.05, 0.1) is 20.1 Å². The molecule has 2 heterocycles. The number of hydrogen-bond acceptors (Lipinski definition) is 3. The van der Waals surface area contributed by atoms with E-state index in [9.17, 15) is 0 Å². The molecule has 1 N–H and O–H groups in total. The number of hydrogen-bond donors (Lipinski definition) is 1. The highest BCUT2D eigenvalue weighted by atomic mass is 28.3. The van der Waals surface area contributed by atoms with Crippen LogP contribution in [-0.2, 0) is 0 Å². The van der Waals surface area contributed by atoms with E-state index in [4.69, 9.17) is 4.74 Å². The number of ether oxygens (including phenoxy) is 1. The molecule has 0 amide bonds. The van der Waals surface area contributed by atoms with Crippen molar-refractivity contribution < 1.29 is 4.74 Å². The standard InChI is InChI=1S/C12H19N3OSi/c1-6-16-12-10-9(17(3,4)5)7-13-11(10)14-8(2)15-12/h7H,6H2,1-5H3,(H,13,14,15). The van der Waals surface area contributed by atoms with E-state index in [0.717, 1.165) is 16.9 Å². The molecule has 2 aromatic rings. The van der Waals surface area contributed by atoms with Crippen molar-refractivity contribution >= 4 is 24.3 Å². The van der Waals surface area contributed by atoms with Crippen LogP contribution >= 0.6 is 0 Å². The summed E-state index contributed by atoms with van der Waals surface area (Å²) in [6.07, 6.45) is 2.06. The maximum absolute atomic E-state index is 5.65. The molecule has 0 aromatic carbocycles. The Morgan fingerprint density at radius 3 is 2.59 bits per heavy atom. The fourth-order valence-corrected chi connectivity index (χ4v) is 3.42. The van der Waals surface area contributed by atoms with Crippen molar-refractivity contribution in [2.45, 2.75) is 33.5 Å². The molecule has 92 valence electrons. The average molecular weight is 249 g/mol. The fourth-order valence-electron chi connectivity index (χ4n) is 1.94. The molecule has 17 heavy (non-hydrogen) atoms. The molecule has 0 fully saturated rings. The van der Waals surface area contributed by atoms with Gasteiger partial charge in [-0.3, -0.25) is 0 Å². The maximum atomic E-state index is 5.65. The largest absolute Gasteiger partial charge is 0.477 e. The van der Waals surface area contributed by atoms with Crippen molar-refractivity contribution in [1.82, 2.24) is 15.0 Å². The highest BCUT2D eigenvalue weighted by Gasteiger charge is 2.24. The Balaban J connectivity index is 2.73. The Morgan fingerprint density at radius 1 is 1.29 bits per heavy atom. The van der Waals surface area contributed by atoms with E-state index in [1.807, 2.05) is 13.8 Å². The minimum absolute atomic E-state index is 0.627. The second-order valence-corrected chi connectivity index (χ2v) is 10.2. The molecule has 2 aromatic heterocycles. The topological polar surface area (TPSA) is 50.8 Å². The summed E-state index contributed by atoms with van der Waals surface area (Å²) in [4.78, 5) is 12.1. The van der Waals surface area contributed by atoms with Crippen LogP contribution in [0, 0.1) is 6.92 Å². The van der Waals surface area contributed by atoms with Gasteiger partial charge in [0.15, 0.2) is 0 Å². The minimum Gasteiger partial charge on any atom is -0.477 e. The number of aromatic nitrogens is 3. The third-order valence-corrected chi connectivity index (χ3v) is 4.71. The average Bonchev–Trinajstić information content (AvgIpc) is 2.60. The van der Waals surface area contributed by atoms with Gasteiger partial charge in [-0.2, -0.15) is 4.98 Å². The van der Waals surface area contributed by atoms with Crippen molar-refractivity contribution in [3.05, 3.63) is 12.0 Å². The molecule has 0 unspecified atom stereocenters. The third-order valence-electron chi connectivity index (χ3n) is 2.70. The van der Waals surface area contributed by atoms with Crippen molar-refractivity contribution in [3.8, 4) is 5.88 Å². The molecule has 0 aliphatic rings. The molecule has 0 saturated carbocycles. The second kappa shape index (κ2) is 4.14. The number of rotatable bonds is 3. The number of aromatic amines is 1. The number of nitrogens with zero attached hydrogens (tertiary/aromatic N) is 2. The first kappa shape index (κ1) is 12.1. The maximum Gasteiger partial charge on any atom is 0.226 e. The van der Waals surface area contributed by atoms with Gasteiger partial charge in [0.25, 0.3) is 0 Å². The van der Waals surface area contributed by atoms with Crippen molar-refractivity contribution in [2.75, 3.05) is 6.61 Å². The molecule has 0 spiro atoms. The number of H-pyrrole nitrogens is 1. The zero-order chi connectivity index (χ0) is 12.6. The number of nitrogens with one attached hydrogen (secondary N) is 1. The van der Waals surface area contributed by atoms with Gasteiger partial charge >= 0.3 is 0 Å². The summed E-state index contributed by atoms with van der Waals surface area (Å²) in [5, 5.41) is 2.40. The van der Waals surface area contributed by atoms with E-state index in [1.54, 1.807) is 0 Å². The smallest absolute Gasteiger partial charge is 0.226 e.